The minimum absolute atomic E-state index is 0.0129. The molecule has 1 aromatic heterocycles. The molecule has 0 saturated carbocycles. The highest BCUT2D eigenvalue weighted by atomic mass is 32.1. The molecule has 5 nitrogen and oxygen atoms in total. The molecule has 1 aliphatic rings. The maximum atomic E-state index is 11.7. The fraction of sp³-hybridized carbons (Fsp3) is 0.583. The Labute approximate surface area is 110 Å². The zero-order chi connectivity index (χ0) is 13.0. The number of rotatable bonds is 5. The Morgan fingerprint density at radius 1 is 1.67 bits per heavy atom. The number of oxime groups is 1. The molecule has 0 radical (unpaired) electrons. The van der Waals surface area contributed by atoms with Gasteiger partial charge >= 0.3 is 0 Å². The van der Waals surface area contributed by atoms with E-state index in [1.54, 1.807) is 11.3 Å². The molecule has 2 rings (SSSR count). The van der Waals surface area contributed by atoms with Gasteiger partial charge in [0.25, 0.3) is 0 Å². The molecule has 0 fully saturated rings. The van der Waals surface area contributed by atoms with Gasteiger partial charge in [-0.2, -0.15) is 0 Å². The molecule has 1 atom stereocenters. The molecule has 0 aliphatic carbocycles. The van der Waals surface area contributed by atoms with Crippen LogP contribution < -0.4 is 5.32 Å². The van der Waals surface area contributed by atoms with Gasteiger partial charge in [-0.05, 0) is 13.3 Å². The van der Waals surface area contributed by atoms with Crippen LogP contribution in [0.1, 0.15) is 30.5 Å². The monoisotopic (exact) mass is 267 g/mol. The summed E-state index contributed by atoms with van der Waals surface area (Å²) in [5.74, 6) is -0.0196. The van der Waals surface area contributed by atoms with E-state index in [1.165, 1.54) is 0 Å². The lowest BCUT2D eigenvalue weighted by Crippen LogP contribution is -2.33. The summed E-state index contributed by atoms with van der Waals surface area (Å²) in [6.45, 7) is 4.49. The van der Waals surface area contributed by atoms with Crippen molar-refractivity contribution in [3.63, 3.8) is 0 Å². The normalized spacial score (nSPS) is 18.3. The number of aromatic nitrogens is 1. The van der Waals surface area contributed by atoms with Crippen molar-refractivity contribution >= 4 is 23.0 Å². The van der Waals surface area contributed by atoms with Crippen molar-refractivity contribution < 1.29 is 9.63 Å². The van der Waals surface area contributed by atoms with Gasteiger partial charge in [-0.15, -0.1) is 11.3 Å². The van der Waals surface area contributed by atoms with E-state index in [-0.39, 0.29) is 12.0 Å². The Morgan fingerprint density at radius 2 is 2.50 bits per heavy atom. The van der Waals surface area contributed by atoms with Crippen molar-refractivity contribution in [1.29, 1.82) is 0 Å². The van der Waals surface area contributed by atoms with Gasteiger partial charge in [0, 0.05) is 11.8 Å². The van der Waals surface area contributed by atoms with E-state index < -0.39 is 0 Å². The van der Waals surface area contributed by atoms with Crippen LogP contribution >= 0.6 is 11.3 Å². The fourth-order valence-electron chi connectivity index (χ4n) is 1.75. The number of thiazole rings is 1. The van der Waals surface area contributed by atoms with E-state index in [9.17, 15) is 4.79 Å². The van der Waals surface area contributed by atoms with Crippen LogP contribution in [0.15, 0.2) is 10.5 Å². The minimum Gasteiger partial charge on any atom is -0.390 e. The second-order valence-corrected chi connectivity index (χ2v) is 5.34. The third kappa shape index (κ3) is 3.53. The molecule has 6 heteroatoms. The summed E-state index contributed by atoms with van der Waals surface area (Å²) in [5, 5.41) is 9.71. The van der Waals surface area contributed by atoms with Crippen molar-refractivity contribution in [2.45, 2.75) is 39.2 Å². The van der Waals surface area contributed by atoms with Gasteiger partial charge in [-0.1, -0.05) is 12.1 Å². The maximum Gasteiger partial charge on any atom is 0.226 e. The van der Waals surface area contributed by atoms with Gasteiger partial charge in [0.1, 0.15) is 6.10 Å². The lowest BCUT2D eigenvalue weighted by molar-refractivity contribution is -0.121. The molecule has 0 aromatic carbocycles. The lowest BCUT2D eigenvalue weighted by atomic mass is 10.1. The number of nitrogens with one attached hydrogen (secondary N) is 1. The van der Waals surface area contributed by atoms with E-state index >= 15 is 0 Å². The second-order valence-electron chi connectivity index (χ2n) is 4.28. The Hall–Kier alpha value is -1.43. The first-order valence-corrected chi connectivity index (χ1v) is 6.94. The highest BCUT2D eigenvalue weighted by Gasteiger charge is 2.20. The first-order valence-electron chi connectivity index (χ1n) is 6.06. The van der Waals surface area contributed by atoms with E-state index in [0.717, 1.165) is 29.3 Å². The highest BCUT2D eigenvalue weighted by molar-refractivity contribution is 7.09. The molecular weight excluding hydrogens is 250 g/mol. The van der Waals surface area contributed by atoms with E-state index in [4.69, 9.17) is 4.84 Å². The molecule has 98 valence electrons. The van der Waals surface area contributed by atoms with Crippen LogP contribution in [0.25, 0.3) is 0 Å². The van der Waals surface area contributed by atoms with Crippen LogP contribution in [0.2, 0.25) is 0 Å². The van der Waals surface area contributed by atoms with Gasteiger partial charge in [0.2, 0.25) is 5.91 Å². The van der Waals surface area contributed by atoms with Crippen molar-refractivity contribution in [2.75, 3.05) is 6.54 Å². The maximum absolute atomic E-state index is 11.7. The van der Waals surface area contributed by atoms with Gasteiger partial charge in [0.05, 0.1) is 29.4 Å². The molecule has 1 aliphatic heterocycles. The second kappa shape index (κ2) is 5.95. The number of hydrogen-bond acceptors (Lipinski definition) is 5. The first kappa shape index (κ1) is 13.0. The number of carbonyl (C=O) groups excluding carboxylic acids is 1. The highest BCUT2D eigenvalue weighted by Crippen LogP contribution is 2.12. The van der Waals surface area contributed by atoms with Crippen molar-refractivity contribution in [3.05, 3.63) is 16.1 Å². The molecule has 1 amide bonds. The predicted molar refractivity (Wildman–Crippen MR) is 70.8 cm³/mol. The molecular formula is C12H17N3O2S. The zero-order valence-corrected chi connectivity index (χ0v) is 11.4. The van der Waals surface area contributed by atoms with Gasteiger partial charge < -0.3 is 10.2 Å². The van der Waals surface area contributed by atoms with Gasteiger partial charge in [-0.3, -0.25) is 4.79 Å². The molecule has 0 spiro atoms. The average Bonchev–Trinajstić information content (AvgIpc) is 2.95. The SMILES string of the molecule is CCC1=NOC(CNC(=O)Cc2csc(C)n2)C1. The van der Waals surface area contributed by atoms with Crippen molar-refractivity contribution in [2.24, 2.45) is 5.16 Å². The third-order valence-corrected chi connectivity index (χ3v) is 3.56. The number of hydrogen-bond donors (Lipinski definition) is 1. The van der Waals surface area contributed by atoms with Crippen LogP contribution in [0.3, 0.4) is 0 Å². The van der Waals surface area contributed by atoms with E-state index in [2.05, 4.69) is 15.5 Å². The number of aryl methyl sites for hydroxylation is 1. The molecule has 2 heterocycles. The quantitative estimate of drug-likeness (QED) is 0.882. The molecule has 1 N–H and O–H groups in total. The van der Waals surface area contributed by atoms with Crippen molar-refractivity contribution in [3.8, 4) is 0 Å². The molecule has 1 unspecified atom stereocenters. The molecule has 1 aromatic rings. The van der Waals surface area contributed by atoms with Gasteiger partial charge in [0.15, 0.2) is 0 Å². The summed E-state index contributed by atoms with van der Waals surface area (Å²) in [6, 6.07) is 0. The standard InChI is InChI=1S/C12H17N3O2S/c1-3-9-4-11(17-15-9)6-13-12(16)5-10-7-18-8(2)14-10/h7,11H,3-6H2,1-2H3,(H,13,16). The van der Waals surface area contributed by atoms with E-state index in [1.807, 2.05) is 19.2 Å². The third-order valence-electron chi connectivity index (χ3n) is 2.74. The summed E-state index contributed by atoms with van der Waals surface area (Å²) in [7, 11) is 0. The molecule has 0 bridgehead atoms. The fourth-order valence-corrected chi connectivity index (χ4v) is 2.36. The van der Waals surface area contributed by atoms with Crippen molar-refractivity contribution in [1.82, 2.24) is 10.3 Å². The van der Waals surface area contributed by atoms with Crippen LogP contribution in [0, 0.1) is 6.92 Å². The molecule has 0 saturated heterocycles. The van der Waals surface area contributed by atoms with Crippen LogP contribution in [-0.2, 0) is 16.1 Å². The minimum atomic E-state index is -0.0196. The Morgan fingerprint density at radius 3 is 3.11 bits per heavy atom. The number of amides is 1. The number of nitrogens with zero attached hydrogens (tertiary/aromatic N) is 2. The first-order chi connectivity index (χ1) is 8.67. The summed E-state index contributed by atoms with van der Waals surface area (Å²) >= 11 is 1.56. The average molecular weight is 267 g/mol. The Balaban J connectivity index is 1.70. The van der Waals surface area contributed by atoms with E-state index in [0.29, 0.717) is 13.0 Å². The lowest BCUT2D eigenvalue weighted by Gasteiger charge is -2.09. The summed E-state index contributed by atoms with van der Waals surface area (Å²) in [6.07, 6.45) is 2.04. The van der Waals surface area contributed by atoms with Gasteiger partial charge in [-0.25, -0.2) is 4.98 Å². The summed E-state index contributed by atoms with van der Waals surface area (Å²) in [5.41, 5.74) is 1.89. The largest absolute Gasteiger partial charge is 0.390 e. The van der Waals surface area contributed by atoms with Crippen LogP contribution in [0.5, 0.6) is 0 Å². The predicted octanol–water partition coefficient (Wildman–Crippen LogP) is 1.67. The zero-order valence-electron chi connectivity index (χ0n) is 10.6. The topological polar surface area (TPSA) is 63.6 Å². The van der Waals surface area contributed by atoms with Crippen LogP contribution in [0.4, 0.5) is 0 Å². The summed E-state index contributed by atoms with van der Waals surface area (Å²) in [4.78, 5) is 21.2. The molecule has 18 heavy (non-hydrogen) atoms. The Kier molecular flexibility index (Phi) is 4.30. The summed E-state index contributed by atoms with van der Waals surface area (Å²) < 4.78 is 0. The number of carbonyl (C=O) groups is 1. The Bertz CT molecular complexity index is 456. The smallest absolute Gasteiger partial charge is 0.226 e. The van der Waals surface area contributed by atoms with Crippen LogP contribution in [-0.4, -0.2) is 29.3 Å².